The molecule has 0 fully saturated rings. The number of nitrogens with one attached hydrogen (secondary N) is 1. The lowest BCUT2D eigenvalue weighted by Gasteiger charge is -2.12. The van der Waals surface area contributed by atoms with Crippen molar-refractivity contribution in [2.45, 2.75) is 0 Å². The van der Waals surface area contributed by atoms with Crippen molar-refractivity contribution in [2.24, 2.45) is 0 Å². The van der Waals surface area contributed by atoms with Crippen LogP contribution >= 0.6 is 31.9 Å². The number of methoxy groups -OCH3 is 1. The van der Waals surface area contributed by atoms with E-state index in [0.717, 1.165) is 14.6 Å². The number of carbonyl (C=O) groups excluding carboxylic acids is 1. The van der Waals surface area contributed by atoms with Crippen molar-refractivity contribution in [3.05, 3.63) is 57.0 Å². The van der Waals surface area contributed by atoms with Gasteiger partial charge in [0.1, 0.15) is 12.4 Å². The Kier molecular flexibility index (Phi) is 6.42. The highest BCUT2D eigenvalue weighted by Gasteiger charge is 2.13. The molecule has 0 atom stereocenters. The molecule has 2 aromatic rings. The Morgan fingerprint density at radius 1 is 1.05 bits per heavy atom. The SMILES string of the molecule is COCCOc1ccc(Br)cc1C(=O)Nc1ccc(Br)cc1. The van der Waals surface area contributed by atoms with E-state index in [-0.39, 0.29) is 5.91 Å². The number of rotatable bonds is 6. The average Bonchev–Trinajstić information content (AvgIpc) is 2.51. The van der Waals surface area contributed by atoms with E-state index in [1.807, 2.05) is 30.3 Å². The van der Waals surface area contributed by atoms with Gasteiger partial charge in [-0.15, -0.1) is 0 Å². The third-order valence-corrected chi connectivity index (χ3v) is 3.86. The molecule has 0 heterocycles. The van der Waals surface area contributed by atoms with E-state index in [1.54, 1.807) is 19.2 Å². The molecular formula is C16H15Br2NO3. The quantitative estimate of drug-likeness (QED) is 0.689. The molecule has 4 nitrogen and oxygen atoms in total. The molecule has 0 aliphatic heterocycles. The van der Waals surface area contributed by atoms with Crippen molar-refractivity contribution in [1.82, 2.24) is 0 Å². The van der Waals surface area contributed by atoms with Crippen molar-refractivity contribution in [3.63, 3.8) is 0 Å². The van der Waals surface area contributed by atoms with Crippen molar-refractivity contribution >= 4 is 43.5 Å². The Labute approximate surface area is 146 Å². The Hall–Kier alpha value is -1.37. The van der Waals surface area contributed by atoms with E-state index in [2.05, 4.69) is 37.2 Å². The van der Waals surface area contributed by atoms with Gasteiger partial charge in [-0.3, -0.25) is 4.79 Å². The summed E-state index contributed by atoms with van der Waals surface area (Å²) in [6.45, 7) is 0.848. The average molecular weight is 429 g/mol. The van der Waals surface area contributed by atoms with E-state index < -0.39 is 0 Å². The van der Waals surface area contributed by atoms with Crippen molar-refractivity contribution in [1.29, 1.82) is 0 Å². The van der Waals surface area contributed by atoms with Gasteiger partial charge >= 0.3 is 0 Å². The van der Waals surface area contributed by atoms with Crippen LogP contribution in [0.3, 0.4) is 0 Å². The van der Waals surface area contributed by atoms with E-state index in [9.17, 15) is 4.79 Å². The summed E-state index contributed by atoms with van der Waals surface area (Å²) in [7, 11) is 1.60. The molecule has 0 aliphatic carbocycles. The largest absolute Gasteiger partial charge is 0.490 e. The van der Waals surface area contributed by atoms with Crippen LogP contribution in [0, 0.1) is 0 Å². The van der Waals surface area contributed by atoms with Crippen LogP contribution in [0.25, 0.3) is 0 Å². The first-order valence-corrected chi connectivity index (χ1v) is 8.17. The molecule has 1 N–H and O–H groups in total. The summed E-state index contributed by atoms with van der Waals surface area (Å²) < 4.78 is 12.3. The maximum absolute atomic E-state index is 12.4. The van der Waals surface area contributed by atoms with Gasteiger partial charge in [-0.1, -0.05) is 31.9 Å². The molecule has 6 heteroatoms. The highest BCUT2D eigenvalue weighted by atomic mass is 79.9. The molecule has 0 saturated carbocycles. The molecule has 0 spiro atoms. The summed E-state index contributed by atoms with van der Waals surface area (Å²) in [6, 6.07) is 12.7. The zero-order valence-electron chi connectivity index (χ0n) is 11.9. The third kappa shape index (κ3) is 4.83. The molecule has 1 amide bonds. The standard InChI is InChI=1S/C16H15Br2NO3/c1-21-8-9-22-15-7-4-12(18)10-14(15)16(20)19-13-5-2-11(17)3-6-13/h2-7,10H,8-9H2,1H3,(H,19,20). The van der Waals surface area contributed by atoms with Gasteiger partial charge in [0.15, 0.2) is 0 Å². The molecule has 0 unspecified atom stereocenters. The lowest BCUT2D eigenvalue weighted by Crippen LogP contribution is -2.15. The summed E-state index contributed by atoms with van der Waals surface area (Å²) in [5.41, 5.74) is 1.18. The topological polar surface area (TPSA) is 47.6 Å². The number of hydrogen-bond acceptors (Lipinski definition) is 3. The van der Waals surface area contributed by atoms with Crippen molar-refractivity contribution < 1.29 is 14.3 Å². The fourth-order valence-corrected chi connectivity index (χ4v) is 2.40. The highest BCUT2D eigenvalue weighted by molar-refractivity contribution is 9.10. The minimum absolute atomic E-state index is 0.226. The van der Waals surface area contributed by atoms with Crippen LogP contribution in [0.15, 0.2) is 51.4 Å². The Balaban J connectivity index is 2.16. The second kappa shape index (κ2) is 8.31. The van der Waals surface area contributed by atoms with Crippen LogP contribution < -0.4 is 10.1 Å². The van der Waals surface area contributed by atoms with Crippen LogP contribution in [0.5, 0.6) is 5.75 Å². The molecule has 2 aromatic carbocycles. The maximum Gasteiger partial charge on any atom is 0.259 e. The number of hydrogen-bond donors (Lipinski definition) is 1. The summed E-state index contributed by atoms with van der Waals surface area (Å²) >= 11 is 6.74. The molecule has 0 aliphatic rings. The van der Waals surface area contributed by atoms with Crippen LogP contribution in [0.4, 0.5) is 5.69 Å². The molecule has 22 heavy (non-hydrogen) atoms. The van der Waals surface area contributed by atoms with E-state index >= 15 is 0 Å². The van der Waals surface area contributed by atoms with E-state index in [4.69, 9.17) is 9.47 Å². The van der Waals surface area contributed by atoms with Gasteiger partial charge in [0.05, 0.1) is 12.2 Å². The maximum atomic E-state index is 12.4. The summed E-state index contributed by atoms with van der Waals surface area (Å²) in [5.74, 6) is 0.297. The lowest BCUT2D eigenvalue weighted by atomic mass is 10.2. The van der Waals surface area contributed by atoms with Gasteiger partial charge in [0.2, 0.25) is 0 Å². The zero-order chi connectivity index (χ0) is 15.9. The number of amides is 1. The predicted molar refractivity (Wildman–Crippen MR) is 93.6 cm³/mol. The molecule has 0 saturated heterocycles. The van der Waals surface area contributed by atoms with Crippen molar-refractivity contribution in [2.75, 3.05) is 25.6 Å². The van der Waals surface area contributed by atoms with Crippen LogP contribution in [-0.2, 0) is 4.74 Å². The van der Waals surface area contributed by atoms with Gasteiger partial charge in [0.25, 0.3) is 5.91 Å². The highest BCUT2D eigenvalue weighted by Crippen LogP contribution is 2.25. The first kappa shape index (κ1) is 17.0. The third-order valence-electron chi connectivity index (χ3n) is 2.83. The van der Waals surface area contributed by atoms with Gasteiger partial charge < -0.3 is 14.8 Å². The number of ether oxygens (including phenoxy) is 2. The Morgan fingerprint density at radius 2 is 1.73 bits per heavy atom. The minimum atomic E-state index is -0.226. The Morgan fingerprint density at radius 3 is 2.41 bits per heavy atom. The van der Waals surface area contributed by atoms with E-state index in [1.165, 1.54) is 0 Å². The number of anilines is 1. The van der Waals surface area contributed by atoms with Crippen LogP contribution in [0.2, 0.25) is 0 Å². The fraction of sp³-hybridized carbons (Fsp3) is 0.188. The molecule has 0 aromatic heterocycles. The molecular weight excluding hydrogens is 414 g/mol. The van der Waals surface area contributed by atoms with Gasteiger partial charge in [-0.2, -0.15) is 0 Å². The first-order valence-electron chi connectivity index (χ1n) is 6.58. The van der Waals surface area contributed by atoms with Gasteiger partial charge in [-0.05, 0) is 42.5 Å². The molecule has 116 valence electrons. The fourth-order valence-electron chi connectivity index (χ4n) is 1.77. The van der Waals surface area contributed by atoms with Crippen LogP contribution in [0.1, 0.15) is 10.4 Å². The normalized spacial score (nSPS) is 10.3. The van der Waals surface area contributed by atoms with Crippen LogP contribution in [-0.4, -0.2) is 26.2 Å². The van der Waals surface area contributed by atoms with Gasteiger partial charge in [0, 0.05) is 21.7 Å². The zero-order valence-corrected chi connectivity index (χ0v) is 15.1. The first-order chi connectivity index (χ1) is 10.6. The summed E-state index contributed by atoms with van der Waals surface area (Å²) in [4.78, 5) is 12.4. The van der Waals surface area contributed by atoms with E-state index in [0.29, 0.717) is 24.5 Å². The molecule has 2 rings (SSSR count). The summed E-state index contributed by atoms with van der Waals surface area (Å²) in [6.07, 6.45) is 0. The predicted octanol–water partition coefficient (Wildman–Crippen LogP) is 4.49. The smallest absolute Gasteiger partial charge is 0.259 e. The molecule has 0 radical (unpaired) electrons. The summed E-state index contributed by atoms with van der Waals surface area (Å²) in [5, 5.41) is 2.85. The van der Waals surface area contributed by atoms with Crippen molar-refractivity contribution in [3.8, 4) is 5.75 Å². The minimum Gasteiger partial charge on any atom is -0.490 e. The number of benzene rings is 2. The second-order valence-corrected chi connectivity index (χ2v) is 6.27. The number of carbonyl (C=O) groups is 1. The lowest BCUT2D eigenvalue weighted by molar-refractivity contribution is 0.101. The Bertz CT molecular complexity index is 644. The van der Waals surface area contributed by atoms with Gasteiger partial charge in [-0.25, -0.2) is 0 Å². The number of halogens is 2. The molecule has 0 bridgehead atoms. The monoisotopic (exact) mass is 427 g/mol. The second-order valence-electron chi connectivity index (χ2n) is 4.44.